The van der Waals surface area contributed by atoms with Crippen LogP contribution >= 0.6 is 0 Å². The highest BCUT2D eigenvalue weighted by atomic mass is 19.4. The molecule has 1 N–H and O–H groups in total. The Morgan fingerprint density at radius 2 is 1.73 bits per heavy atom. The molecule has 0 saturated heterocycles. The fourth-order valence-corrected chi connectivity index (χ4v) is 2.10. The lowest BCUT2D eigenvalue weighted by atomic mass is 10.0. The summed E-state index contributed by atoms with van der Waals surface area (Å²) in [4.78, 5) is 16.4. The van der Waals surface area contributed by atoms with Gasteiger partial charge in [-0.15, -0.1) is 5.10 Å². The first-order chi connectivity index (χ1) is 12.2. The summed E-state index contributed by atoms with van der Waals surface area (Å²) in [5.41, 5.74) is -0.459. The molecule has 0 spiro atoms. The monoisotopic (exact) mass is 367 g/mol. The second-order valence-corrected chi connectivity index (χ2v) is 5.12. The van der Waals surface area contributed by atoms with E-state index in [1.54, 1.807) is 0 Å². The molecular weight excluding hydrogens is 358 g/mol. The predicted octanol–water partition coefficient (Wildman–Crippen LogP) is 3.64. The molecule has 0 atom stereocenters. The number of hydrogen-bond acceptors (Lipinski definition) is 4. The minimum absolute atomic E-state index is 0.262. The number of aromatic nitrogens is 3. The molecule has 3 rings (SSSR count). The van der Waals surface area contributed by atoms with E-state index in [0.717, 1.165) is 24.4 Å². The van der Waals surface area contributed by atoms with Crippen LogP contribution in [0.15, 0.2) is 48.7 Å². The minimum Gasteiger partial charge on any atom is -0.476 e. The molecule has 0 aliphatic carbocycles. The van der Waals surface area contributed by atoms with Gasteiger partial charge in [0.2, 0.25) is 0 Å². The molecule has 26 heavy (non-hydrogen) atoms. The Hall–Kier alpha value is -3.43. The van der Waals surface area contributed by atoms with Crippen LogP contribution in [0.1, 0.15) is 16.1 Å². The fraction of sp³-hybridized carbons (Fsp3) is 0.0625. The van der Waals surface area contributed by atoms with Crippen molar-refractivity contribution >= 4 is 5.97 Å². The molecule has 134 valence electrons. The van der Waals surface area contributed by atoms with E-state index in [-0.39, 0.29) is 11.4 Å². The van der Waals surface area contributed by atoms with Crippen molar-refractivity contribution in [3.8, 4) is 16.9 Å². The summed E-state index contributed by atoms with van der Waals surface area (Å²) in [5, 5.41) is 15.4. The summed E-state index contributed by atoms with van der Waals surface area (Å²) in [6, 6.07) is 8.03. The third-order valence-electron chi connectivity index (χ3n) is 3.36. The molecule has 0 bridgehead atoms. The van der Waals surface area contributed by atoms with Gasteiger partial charge in [0.05, 0.1) is 5.56 Å². The maximum absolute atomic E-state index is 14.2. The zero-order chi connectivity index (χ0) is 18.9. The highest BCUT2D eigenvalue weighted by Gasteiger charge is 2.30. The van der Waals surface area contributed by atoms with E-state index in [9.17, 15) is 22.4 Å². The van der Waals surface area contributed by atoms with Crippen molar-refractivity contribution in [1.29, 1.82) is 0 Å². The maximum Gasteiger partial charge on any atom is 0.416 e. The van der Waals surface area contributed by atoms with E-state index in [2.05, 4.69) is 10.3 Å². The van der Waals surface area contributed by atoms with Gasteiger partial charge in [0.25, 0.3) is 0 Å². The van der Waals surface area contributed by atoms with Gasteiger partial charge in [-0.05, 0) is 40.6 Å². The summed E-state index contributed by atoms with van der Waals surface area (Å²) >= 11 is 0. The van der Waals surface area contributed by atoms with Crippen LogP contribution in [0.3, 0.4) is 0 Å². The number of rotatable bonds is 4. The Balaban J connectivity index is 1.81. The molecule has 0 unspecified atom stereocenters. The third-order valence-corrected chi connectivity index (χ3v) is 3.36. The van der Waals surface area contributed by atoms with Gasteiger partial charge in [-0.1, -0.05) is 23.0 Å². The van der Waals surface area contributed by atoms with Crippen molar-refractivity contribution in [2.24, 2.45) is 0 Å². The standard InChI is InChI=1S/C16H9F4N3O3/c17-12-7-10(9-1-4-11(5-2-9)16(18,19)20)3-6-14(12)26-23-8-13(15(24)25)21-22-23/h1-8H,(H,24,25). The van der Waals surface area contributed by atoms with Crippen LogP contribution in [0.2, 0.25) is 0 Å². The number of aromatic carboxylic acids is 1. The maximum atomic E-state index is 14.2. The smallest absolute Gasteiger partial charge is 0.416 e. The first-order valence-corrected chi connectivity index (χ1v) is 7.05. The average molecular weight is 367 g/mol. The van der Waals surface area contributed by atoms with Gasteiger partial charge < -0.3 is 9.94 Å². The number of nitrogens with zero attached hydrogens (tertiary/aromatic N) is 3. The molecule has 10 heteroatoms. The summed E-state index contributed by atoms with van der Waals surface area (Å²) in [6.45, 7) is 0. The number of carboxylic acid groups (broad SMARTS) is 1. The first kappa shape index (κ1) is 17.4. The Bertz CT molecular complexity index is 952. The Morgan fingerprint density at radius 3 is 2.27 bits per heavy atom. The second-order valence-electron chi connectivity index (χ2n) is 5.12. The van der Waals surface area contributed by atoms with Crippen LogP contribution in [0.25, 0.3) is 11.1 Å². The van der Waals surface area contributed by atoms with Crippen LogP contribution in [0.4, 0.5) is 17.6 Å². The Kier molecular flexibility index (Phi) is 4.33. The molecule has 0 saturated carbocycles. The fourth-order valence-electron chi connectivity index (χ4n) is 2.10. The van der Waals surface area contributed by atoms with Crippen molar-refractivity contribution in [3.05, 3.63) is 65.7 Å². The summed E-state index contributed by atoms with van der Waals surface area (Å²) < 4.78 is 51.9. The van der Waals surface area contributed by atoms with Gasteiger partial charge >= 0.3 is 12.1 Å². The number of hydrogen-bond donors (Lipinski definition) is 1. The quantitative estimate of drug-likeness (QED) is 0.713. The predicted molar refractivity (Wildman–Crippen MR) is 79.8 cm³/mol. The first-order valence-electron chi connectivity index (χ1n) is 7.05. The van der Waals surface area contributed by atoms with E-state index in [1.807, 2.05) is 0 Å². The molecule has 0 aliphatic heterocycles. The van der Waals surface area contributed by atoms with E-state index in [4.69, 9.17) is 9.94 Å². The van der Waals surface area contributed by atoms with Gasteiger partial charge in [0.15, 0.2) is 17.3 Å². The van der Waals surface area contributed by atoms with Crippen molar-refractivity contribution < 1.29 is 32.3 Å². The van der Waals surface area contributed by atoms with Gasteiger partial charge in [-0.2, -0.15) is 13.2 Å². The SMILES string of the molecule is O=C(O)c1cn(Oc2ccc(-c3ccc(C(F)(F)F)cc3)cc2F)nn1. The van der Waals surface area contributed by atoms with Crippen LogP contribution in [0.5, 0.6) is 5.75 Å². The van der Waals surface area contributed by atoms with Gasteiger partial charge in [0, 0.05) is 0 Å². The molecule has 0 amide bonds. The average Bonchev–Trinajstić information content (AvgIpc) is 3.05. The molecule has 3 aromatic rings. The number of alkyl halides is 3. The molecule has 0 fully saturated rings. The largest absolute Gasteiger partial charge is 0.476 e. The minimum atomic E-state index is -4.45. The van der Waals surface area contributed by atoms with Gasteiger partial charge in [0.1, 0.15) is 6.20 Å². The summed E-state index contributed by atoms with van der Waals surface area (Å²) in [7, 11) is 0. The third kappa shape index (κ3) is 3.63. The molecule has 0 radical (unpaired) electrons. The zero-order valence-corrected chi connectivity index (χ0v) is 12.7. The van der Waals surface area contributed by atoms with Crippen LogP contribution in [-0.2, 0) is 6.18 Å². The van der Waals surface area contributed by atoms with Gasteiger partial charge in [-0.25, -0.2) is 9.18 Å². The van der Waals surface area contributed by atoms with Crippen LogP contribution in [-0.4, -0.2) is 26.2 Å². The molecule has 1 heterocycles. The van der Waals surface area contributed by atoms with E-state index < -0.39 is 23.5 Å². The normalized spacial score (nSPS) is 11.4. The van der Waals surface area contributed by atoms with Crippen molar-refractivity contribution in [2.45, 2.75) is 6.18 Å². The van der Waals surface area contributed by atoms with E-state index in [0.29, 0.717) is 16.0 Å². The number of halogens is 4. The van der Waals surface area contributed by atoms with E-state index >= 15 is 0 Å². The highest BCUT2D eigenvalue weighted by Crippen LogP contribution is 2.32. The number of benzene rings is 2. The molecule has 2 aromatic carbocycles. The second kappa shape index (κ2) is 6.47. The van der Waals surface area contributed by atoms with Crippen molar-refractivity contribution in [1.82, 2.24) is 15.2 Å². The topological polar surface area (TPSA) is 77.2 Å². The van der Waals surface area contributed by atoms with E-state index in [1.165, 1.54) is 24.3 Å². The number of carbonyl (C=O) groups is 1. The molecule has 6 nitrogen and oxygen atoms in total. The Morgan fingerprint density at radius 1 is 1.08 bits per heavy atom. The molecule has 1 aromatic heterocycles. The van der Waals surface area contributed by atoms with Crippen molar-refractivity contribution in [2.75, 3.05) is 0 Å². The lowest BCUT2D eigenvalue weighted by molar-refractivity contribution is -0.137. The molecule has 0 aliphatic rings. The van der Waals surface area contributed by atoms with Crippen molar-refractivity contribution in [3.63, 3.8) is 0 Å². The number of carboxylic acids is 1. The van der Waals surface area contributed by atoms with Gasteiger partial charge in [-0.3, -0.25) is 0 Å². The van der Waals surface area contributed by atoms with Crippen LogP contribution in [0, 0.1) is 5.82 Å². The zero-order valence-electron chi connectivity index (χ0n) is 12.7. The van der Waals surface area contributed by atoms with Crippen LogP contribution < -0.4 is 4.84 Å². The summed E-state index contributed by atoms with van der Waals surface area (Å²) in [5.74, 6) is -2.39. The lowest BCUT2D eigenvalue weighted by Gasteiger charge is -2.09. The Labute approximate surface area is 143 Å². The highest BCUT2D eigenvalue weighted by molar-refractivity contribution is 5.84. The summed E-state index contributed by atoms with van der Waals surface area (Å²) in [6.07, 6.45) is -3.50. The lowest BCUT2D eigenvalue weighted by Crippen LogP contribution is -2.07. The molecular formula is C16H9F4N3O3.